The lowest BCUT2D eigenvalue weighted by Gasteiger charge is -2.14. The predicted octanol–water partition coefficient (Wildman–Crippen LogP) is 13.5. The molecule has 4 aromatic heterocycles. The van der Waals surface area contributed by atoms with Gasteiger partial charge in [0.15, 0.2) is 0 Å². The van der Waals surface area contributed by atoms with Crippen LogP contribution >= 0.6 is 0 Å². The second-order valence-electron chi connectivity index (χ2n) is 14.9. The minimum absolute atomic E-state index is 0.660. The third kappa shape index (κ3) is 3.92. The van der Waals surface area contributed by atoms with E-state index in [1.807, 2.05) is 0 Å². The molecule has 0 atom stereocenters. The van der Waals surface area contributed by atoms with E-state index >= 15 is 0 Å². The summed E-state index contributed by atoms with van der Waals surface area (Å²) in [4.78, 5) is 11.2. The average Bonchev–Trinajstić information content (AvgIpc) is 3.91. The van der Waals surface area contributed by atoms with E-state index in [1.165, 1.54) is 70.8 Å². The molecule has 0 N–H and O–H groups in total. The molecule has 0 saturated heterocycles. The van der Waals surface area contributed by atoms with Crippen molar-refractivity contribution in [1.82, 2.24) is 18.9 Å². The summed E-state index contributed by atoms with van der Waals surface area (Å²) >= 11 is 0. The maximum absolute atomic E-state index is 5.59. The first kappa shape index (κ1) is 29.8. The number of aromatic nitrogens is 4. The van der Waals surface area contributed by atoms with Gasteiger partial charge in [-0.25, -0.2) is 9.97 Å². The molecule has 0 amide bonds. The molecule has 4 heteroatoms. The predicted molar refractivity (Wildman–Crippen MR) is 234 cm³/mol. The zero-order valence-corrected chi connectivity index (χ0v) is 30.1. The van der Waals surface area contributed by atoms with Crippen molar-refractivity contribution in [3.05, 3.63) is 182 Å². The van der Waals surface area contributed by atoms with Crippen LogP contribution in [0.15, 0.2) is 182 Å². The highest BCUT2D eigenvalue weighted by molar-refractivity contribution is 6.38. The molecule has 0 unspecified atom stereocenters. The average molecular weight is 711 g/mol. The largest absolute Gasteiger partial charge is 0.308 e. The molecule has 0 fully saturated rings. The van der Waals surface area contributed by atoms with Crippen LogP contribution in [0.25, 0.3) is 121 Å². The summed E-state index contributed by atoms with van der Waals surface area (Å²) in [7, 11) is 0. The summed E-state index contributed by atoms with van der Waals surface area (Å²) in [5.41, 5.74) is 11.2. The quantitative estimate of drug-likeness (QED) is 0.171. The fourth-order valence-electron chi connectivity index (χ4n) is 9.61. The molecule has 258 valence electrons. The van der Waals surface area contributed by atoms with Gasteiger partial charge >= 0.3 is 0 Å². The number of fused-ring (bicyclic) bond motifs is 15. The lowest BCUT2D eigenvalue weighted by molar-refractivity contribution is 1.02. The Balaban J connectivity index is 1.22. The Morgan fingerprint density at radius 2 is 0.946 bits per heavy atom. The van der Waals surface area contributed by atoms with Crippen LogP contribution < -0.4 is 0 Å². The van der Waals surface area contributed by atoms with Gasteiger partial charge in [-0.3, -0.25) is 4.57 Å². The van der Waals surface area contributed by atoms with Gasteiger partial charge in [0.2, 0.25) is 5.95 Å². The van der Waals surface area contributed by atoms with Gasteiger partial charge in [0.25, 0.3) is 0 Å². The zero-order valence-electron chi connectivity index (χ0n) is 30.1. The van der Waals surface area contributed by atoms with Crippen LogP contribution in [0.3, 0.4) is 0 Å². The first-order chi connectivity index (χ1) is 27.8. The fourth-order valence-corrected chi connectivity index (χ4v) is 9.61. The summed E-state index contributed by atoms with van der Waals surface area (Å²) < 4.78 is 4.81. The number of nitrogens with zero attached hydrogens (tertiary/aromatic N) is 4. The van der Waals surface area contributed by atoms with Gasteiger partial charge in [-0.2, -0.15) is 0 Å². The minimum Gasteiger partial charge on any atom is -0.308 e. The number of para-hydroxylation sites is 2. The molecule has 0 bridgehead atoms. The van der Waals surface area contributed by atoms with E-state index in [4.69, 9.17) is 9.97 Å². The molecule has 0 saturated carbocycles. The van der Waals surface area contributed by atoms with Crippen LogP contribution in [0.4, 0.5) is 0 Å². The summed E-state index contributed by atoms with van der Waals surface area (Å²) in [6, 6.07) is 65.7. The minimum atomic E-state index is 0.660. The lowest BCUT2D eigenvalue weighted by atomic mass is 9.99. The molecule has 0 aliphatic carbocycles. The normalized spacial score (nSPS) is 12.3. The first-order valence-electron chi connectivity index (χ1n) is 19.2. The van der Waals surface area contributed by atoms with Crippen LogP contribution in [-0.2, 0) is 0 Å². The first-order valence-corrected chi connectivity index (χ1v) is 19.2. The second-order valence-corrected chi connectivity index (χ2v) is 14.9. The van der Waals surface area contributed by atoms with Crippen molar-refractivity contribution in [2.45, 2.75) is 0 Å². The number of hydrogen-bond acceptors (Lipinski definition) is 2. The smallest absolute Gasteiger partial charge is 0.235 e. The van der Waals surface area contributed by atoms with E-state index in [9.17, 15) is 0 Å². The molecule has 13 rings (SSSR count). The SMILES string of the molecule is c1ccc(-c2ccc(-c3nc(-n4c5ccc6ccccc6c5c5c6c7ccccc7n7c8ccccc8c(cc54)c67)nc4c3ccc3ccccc34)cc2)cc1. The van der Waals surface area contributed by atoms with Gasteiger partial charge < -0.3 is 4.40 Å². The monoisotopic (exact) mass is 710 g/mol. The fraction of sp³-hybridized carbons (Fsp3) is 0. The van der Waals surface area contributed by atoms with Crippen molar-refractivity contribution in [1.29, 1.82) is 0 Å². The highest BCUT2D eigenvalue weighted by atomic mass is 15.2. The third-order valence-electron chi connectivity index (χ3n) is 12.0. The Morgan fingerprint density at radius 1 is 0.339 bits per heavy atom. The topological polar surface area (TPSA) is 35.1 Å². The van der Waals surface area contributed by atoms with Gasteiger partial charge in [0, 0.05) is 48.7 Å². The van der Waals surface area contributed by atoms with Crippen molar-refractivity contribution in [2.24, 2.45) is 0 Å². The summed E-state index contributed by atoms with van der Waals surface area (Å²) in [6.07, 6.45) is 0. The van der Waals surface area contributed by atoms with Crippen molar-refractivity contribution in [3.63, 3.8) is 0 Å². The maximum Gasteiger partial charge on any atom is 0.235 e. The van der Waals surface area contributed by atoms with Gasteiger partial charge in [-0.1, -0.05) is 152 Å². The van der Waals surface area contributed by atoms with E-state index in [-0.39, 0.29) is 0 Å². The molecule has 0 spiro atoms. The van der Waals surface area contributed by atoms with Crippen molar-refractivity contribution >= 4 is 92.3 Å². The van der Waals surface area contributed by atoms with Crippen LogP contribution in [0, 0.1) is 0 Å². The summed E-state index contributed by atoms with van der Waals surface area (Å²) in [6.45, 7) is 0. The van der Waals surface area contributed by atoms with Crippen LogP contribution in [0.2, 0.25) is 0 Å². The molecule has 4 heterocycles. The zero-order chi connectivity index (χ0) is 36.5. The van der Waals surface area contributed by atoms with Crippen LogP contribution in [0.1, 0.15) is 0 Å². The van der Waals surface area contributed by atoms with Gasteiger partial charge in [0.1, 0.15) is 0 Å². The van der Waals surface area contributed by atoms with E-state index in [1.54, 1.807) is 0 Å². The van der Waals surface area contributed by atoms with Crippen molar-refractivity contribution in [3.8, 4) is 28.3 Å². The number of hydrogen-bond donors (Lipinski definition) is 0. The summed E-state index contributed by atoms with van der Waals surface area (Å²) in [5, 5.41) is 13.2. The molecule has 56 heavy (non-hydrogen) atoms. The van der Waals surface area contributed by atoms with E-state index < -0.39 is 0 Å². The maximum atomic E-state index is 5.59. The summed E-state index contributed by atoms with van der Waals surface area (Å²) in [5.74, 6) is 0.660. The highest BCUT2D eigenvalue weighted by Gasteiger charge is 2.26. The third-order valence-corrected chi connectivity index (χ3v) is 12.0. The Morgan fingerprint density at radius 3 is 1.75 bits per heavy atom. The lowest BCUT2D eigenvalue weighted by Crippen LogP contribution is -2.04. The Bertz CT molecular complexity index is 3740. The van der Waals surface area contributed by atoms with Crippen molar-refractivity contribution in [2.75, 3.05) is 0 Å². The van der Waals surface area contributed by atoms with Crippen LogP contribution in [0.5, 0.6) is 0 Å². The Labute approximate surface area is 320 Å². The molecular formula is C52H30N4. The van der Waals surface area contributed by atoms with E-state index in [0.717, 1.165) is 44.0 Å². The van der Waals surface area contributed by atoms with E-state index in [0.29, 0.717) is 5.95 Å². The molecular weight excluding hydrogens is 681 g/mol. The molecule has 0 aliphatic heterocycles. The molecule has 4 nitrogen and oxygen atoms in total. The number of rotatable bonds is 3. The highest BCUT2D eigenvalue weighted by Crippen LogP contribution is 2.48. The van der Waals surface area contributed by atoms with E-state index in [2.05, 4.69) is 191 Å². The molecule has 0 aliphatic rings. The number of benzene rings is 9. The van der Waals surface area contributed by atoms with Crippen molar-refractivity contribution < 1.29 is 0 Å². The second kappa shape index (κ2) is 11.0. The molecule has 13 aromatic rings. The molecule has 0 radical (unpaired) electrons. The van der Waals surface area contributed by atoms with Gasteiger partial charge in [-0.05, 0) is 57.6 Å². The van der Waals surface area contributed by atoms with Gasteiger partial charge in [0.05, 0.1) is 38.8 Å². The standard InChI is InChI=1S/C52H30N4/c1-2-12-31(13-3-1)32-22-24-35(25-23-32)49-40-28-26-34-15-5-7-17-37(34)50(40)54-52(53-49)56-44-29-27-33-14-4-6-16-36(33)46(44)48-45(56)30-41-38-18-8-10-20-42(38)55-43-21-11-9-19-39(43)47(48)51(41)55/h1-30H. The van der Waals surface area contributed by atoms with Crippen LogP contribution in [-0.4, -0.2) is 18.9 Å². The molecule has 9 aromatic carbocycles. The Kier molecular flexibility index (Phi) is 5.86. The Hall–Kier alpha value is -7.56. The van der Waals surface area contributed by atoms with Gasteiger partial charge in [-0.15, -0.1) is 0 Å².